The molecule has 0 aliphatic heterocycles. The zero-order valence-corrected chi connectivity index (χ0v) is 11.7. The van der Waals surface area contributed by atoms with Gasteiger partial charge in [0.1, 0.15) is 5.82 Å². The van der Waals surface area contributed by atoms with Crippen molar-refractivity contribution in [3.63, 3.8) is 0 Å². The van der Waals surface area contributed by atoms with Gasteiger partial charge in [-0.25, -0.2) is 9.40 Å². The van der Waals surface area contributed by atoms with E-state index in [2.05, 4.69) is 5.43 Å². The molecule has 1 aromatic carbocycles. The molecule has 0 saturated carbocycles. The van der Waals surface area contributed by atoms with Crippen molar-refractivity contribution >= 4 is 11.8 Å². The number of hydrogen-bond acceptors (Lipinski definition) is 2. The summed E-state index contributed by atoms with van der Waals surface area (Å²) in [7, 11) is 0. The van der Waals surface area contributed by atoms with Crippen LogP contribution in [0, 0.1) is 5.82 Å². The Morgan fingerprint density at radius 3 is 2.42 bits per heavy atom. The Kier molecular flexibility index (Phi) is 4.64. The maximum atomic E-state index is 13.2. The minimum absolute atomic E-state index is 0.200. The molecule has 0 unspecified atom stereocenters. The lowest BCUT2D eigenvalue weighted by Gasteiger charge is -2.35. The van der Waals surface area contributed by atoms with Crippen LogP contribution in [-0.4, -0.2) is 22.4 Å². The van der Waals surface area contributed by atoms with Crippen LogP contribution in [0.2, 0.25) is 0 Å². The maximum absolute atomic E-state index is 13.2. The molecule has 5 heteroatoms. The first-order valence-electron chi connectivity index (χ1n) is 6.15. The van der Waals surface area contributed by atoms with E-state index < -0.39 is 17.3 Å². The van der Waals surface area contributed by atoms with Gasteiger partial charge in [-0.05, 0) is 39.0 Å². The average molecular weight is 266 g/mol. The van der Waals surface area contributed by atoms with E-state index in [0.717, 1.165) is 6.07 Å². The molecular weight excluding hydrogens is 247 g/mol. The van der Waals surface area contributed by atoms with Crippen molar-refractivity contribution in [1.29, 1.82) is 0 Å². The maximum Gasteiger partial charge on any atom is 0.272 e. The van der Waals surface area contributed by atoms with E-state index in [1.807, 2.05) is 0 Å². The van der Waals surface area contributed by atoms with Crippen molar-refractivity contribution < 1.29 is 14.0 Å². The third-order valence-electron chi connectivity index (χ3n) is 2.50. The van der Waals surface area contributed by atoms with Gasteiger partial charge in [0, 0.05) is 12.0 Å². The van der Waals surface area contributed by atoms with Gasteiger partial charge < -0.3 is 0 Å². The molecule has 1 aromatic rings. The molecule has 0 heterocycles. The summed E-state index contributed by atoms with van der Waals surface area (Å²) in [4.78, 5) is 23.8. The Hall–Kier alpha value is -1.91. The van der Waals surface area contributed by atoms with Gasteiger partial charge >= 0.3 is 0 Å². The summed E-state index contributed by atoms with van der Waals surface area (Å²) in [6.07, 6.45) is 0.267. The molecule has 0 fully saturated rings. The minimum Gasteiger partial charge on any atom is -0.273 e. The van der Waals surface area contributed by atoms with Crippen LogP contribution < -0.4 is 5.43 Å². The topological polar surface area (TPSA) is 49.4 Å². The average Bonchev–Trinajstić information content (AvgIpc) is 2.33. The first kappa shape index (κ1) is 15.1. The molecule has 4 nitrogen and oxygen atoms in total. The summed E-state index contributed by atoms with van der Waals surface area (Å²) in [6, 6.07) is 5.40. The van der Waals surface area contributed by atoms with Crippen LogP contribution in [0.3, 0.4) is 0 Å². The normalized spacial score (nSPS) is 11.0. The number of rotatable bonds is 2. The van der Waals surface area contributed by atoms with E-state index in [-0.39, 0.29) is 17.9 Å². The summed E-state index contributed by atoms with van der Waals surface area (Å²) in [5, 5.41) is 1.23. The fourth-order valence-electron chi connectivity index (χ4n) is 1.48. The van der Waals surface area contributed by atoms with Crippen molar-refractivity contribution in [2.75, 3.05) is 0 Å². The van der Waals surface area contributed by atoms with E-state index in [0.29, 0.717) is 0 Å². The zero-order valence-electron chi connectivity index (χ0n) is 11.7. The number of hydrazine groups is 1. The number of hydrogen-bond donors (Lipinski definition) is 1. The summed E-state index contributed by atoms with van der Waals surface area (Å²) >= 11 is 0. The first-order valence-corrected chi connectivity index (χ1v) is 6.15. The van der Waals surface area contributed by atoms with E-state index >= 15 is 0 Å². The predicted molar refractivity (Wildman–Crippen MR) is 70.8 cm³/mol. The second-order valence-corrected chi connectivity index (χ2v) is 5.21. The SMILES string of the molecule is CCC(=O)NN(C(=O)c1cccc(F)c1)C(C)(C)C. The standard InChI is InChI=1S/C14H19FN2O2/c1-5-12(18)16-17(14(2,3)4)13(19)10-7-6-8-11(15)9-10/h6-9H,5H2,1-4H3,(H,16,18). The highest BCUT2D eigenvalue weighted by atomic mass is 19.1. The molecule has 19 heavy (non-hydrogen) atoms. The molecule has 0 saturated heterocycles. The van der Waals surface area contributed by atoms with E-state index in [9.17, 15) is 14.0 Å². The lowest BCUT2D eigenvalue weighted by molar-refractivity contribution is -0.126. The predicted octanol–water partition coefficient (Wildman–Crippen LogP) is 2.51. The van der Waals surface area contributed by atoms with E-state index in [1.54, 1.807) is 27.7 Å². The molecule has 0 atom stereocenters. The molecule has 0 aliphatic rings. The molecule has 0 aromatic heterocycles. The Balaban J connectivity index is 3.04. The van der Waals surface area contributed by atoms with Crippen LogP contribution in [-0.2, 0) is 4.79 Å². The van der Waals surface area contributed by atoms with Crippen LogP contribution in [0.15, 0.2) is 24.3 Å². The fraction of sp³-hybridized carbons (Fsp3) is 0.429. The van der Waals surface area contributed by atoms with E-state index in [4.69, 9.17) is 0 Å². The number of carbonyl (C=O) groups is 2. The Morgan fingerprint density at radius 2 is 1.95 bits per heavy atom. The fourth-order valence-corrected chi connectivity index (χ4v) is 1.48. The van der Waals surface area contributed by atoms with Crippen molar-refractivity contribution in [2.24, 2.45) is 0 Å². The van der Waals surface area contributed by atoms with Gasteiger partial charge in [0.15, 0.2) is 0 Å². The third kappa shape index (κ3) is 4.05. The van der Waals surface area contributed by atoms with Crippen molar-refractivity contribution in [3.8, 4) is 0 Å². The summed E-state index contributed by atoms with van der Waals surface area (Å²) in [5.74, 6) is -1.19. The van der Waals surface area contributed by atoms with Crippen LogP contribution in [0.4, 0.5) is 4.39 Å². The van der Waals surface area contributed by atoms with Crippen LogP contribution in [0.5, 0.6) is 0 Å². The lowest BCUT2D eigenvalue weighted by atomic mass is 10.1. The Morgan fingerprint density at radius 1 is 1.32 bits per heavy atom. The highest BCUT2D eigenvalue weighted by Crippen LogP contribution is 2.15. The lowest BCUT2D eigenvalue weighted by Crippen LogP contribution is -2.55. The number of benzene rings is 1. The van der Waals surface area contributed by atoms with Crippen LogP contribution in [0.25, 0.3) is 0 Å². The van der Waals surface area contributed by atoms with Gasteiger partial charge in [-0.1, -0.05) is 13.0 Å². The second kappa shape index (κ2) is 5.82. The van der Waals surface area contributed by atoms with Gasteiger partial charge in [-0.15, -0.1) is 0 Å². The van der Waals surface area contributed by atoms with Gasteiger partial charge in [0.2, 0.25) is 5.91 Å². The van der Waals surface area contributed by atoms with Crippen LogP contribution in [0.1, 0.15) is 44.5 Å². The first-order chi connectivity index (χ1) is 8.75. The summed E-state index contributed by atoms with van der Waals surface area (Å²) < 4.78 is 13.2. The van der Waals surface area contributed by atoms with Crippen LogP contribution >= 0.6 is 0 Å². The number of nitrogens with zero attached hydrogens (tertiary/aromatic N) is 1. The van der Waals surface area contributed by atoms with Crippen molar-refractivity contribution in [3.05, 3.63) is 35.6 Å². The number of amides is 2. The molecule has 0 aliphatic carbocycles. The molecule has 1 rings (SSSR count). The second-order valence-electron chi connectivity index (χ2n) is 5.21. The Labute approximate surface area is 112 Å². The molecule has 1 N–H and O–H groups in total. The summed E-state index contributed by atoms with van der Waals surface area (Å²) in [5.41, 5.74) is 2.14. The van der Waals surface area contributed by atoms with E-state index in [1.165, 1.54) is 23.2 Å². The van der Waals surface area contributed by atoms with Gasteiger partial charge in [-0.2, -0.15) is 0 Å². The smallest absolute Gasteiger partial charge is 0.272 e. The van der Waals surface area contributed by atoms with Crippen molar-refractivity contribution in [1.82, 2.24) is 10.4 Å². The number of nitrogens with one attached hydrogen (secondary N) is 1. The molecule has 2 amide bonds. The van der Waals surface area contributed by atoms with Gasteiger partial charge in [-0.3, -0.25) is 15.0 Å². The molecule has 0 radical (unpaired) electrons. The highest BCUT2D eigenvalue weighted by Gasteiger charge is 2.29. The summed E-state index contributed by atoms with van der Waals surface area (Å²) in [6.45, 7) is 7.07. The van der Waals surface area contributed by atoms with Gasteiger partial charge in [0.05, 0.1) is 5.54 Å². The molecule has 0 spiro atoms. The zero-order chi connectivity index (χ0) is 14.6. The third-order valence-corrected chi connectivity index (χ3v) is 2.50. The van der Waals surface area contributed by atoms with Gasteiger partial charge in [0.25, 0.3) is 5.91 Å². The number of carbonyl (C=O) groups excluding carboxylic acids is 2. The quantitative estimate of drug-likeness (QED) is 0.836. The highest BCUT2D eigenvalue weighted by molar-refractivity contribution is 5.95. The van der Waals surface area contributed by atoms with Crippen molar-refractivity contribution in [2.45, 2.75) is 39.7 Å². The number of halogens is 1. The molecular formula is C14H19FN2O2. The molecule has 104 valence electrons. The Bertz CT molecular complexity index is 481. The monoisotopic (exact) mass is 266 g/mol. The minimum atomic E-state index is -0.603. The molecule has 0 bridgehead atoms. The largest absolute Gasteiger partial charge is 0.273 e.